The predicted molar refractivity (Wildman–Crippen MR) is 33.3 cm³/mol. The van der Waals surface area contributed by atoms with Crippen molar-refractivity contribution in [2.24, 2.45) is 0 Å². The minimum absolute atomic E-state index is 0.0231. The molecule has 0 amide bonds. The highest BCUT2D eigenvalue weighted by Gasteiger charge is 1.88. The van der Waals surface area contributed by atoms with Crippen LogP contribution in [0.5, 0.6) is 0 Å². The van der Waals surface area contributed by atoms with Crippen LogP contribution in [0.1, 0.15) is 6.92 Å². The van der Waals surface area contributed by atoms with E-state index in [1.165, 1.54) is 0 Å². The highest BCUT2D eigenvalue weighted by molar-refractivity contribution is 9.24. The summed E-state index contributed by atoms with van der Waals surface area (Å²) in [6.07, 6.45) is 0. The first-order valence-corrected chi connectivity index (χ1v) is 3.50. The first-order valence-electron chi connectivity index (χ1n) is 1.67. The molecule has 0 aliphatic rings. The van der Waals surface area contributed by atoms with Crippen molar-refractivity contribution in [1.82, 2.24) is 0 Å². The van der Waals surface area contributed by atoms with E-state index in [4.69, 9.17) is 4.74 Å². The highest BCUT2D eigenvalue weighted by atomic mass is 79.9. The Kier molecular flexibility index (Phi) is 4.72. The summed E-state index contributed by atoms with van der Waals surface area (Å²) in [4.78, 5) is 0. The van der Waals surface area contributed by atoms with Crippen LogP contribution in [-0.2, 0) is 4.74 Å². The zero-order valence-electron chi connectivity index (χ0n) is 3.45. The summed E-state index contributed by atoms with van der Waals surface area (Å²) in [5.74, 6) is 0. The third-order valence-corrected chi connectivity index (χ3v) is 0.821. The lowest BCUT2D eigenvalue weighted by molar-refractivity contribution is 0.186. The SMILES string of the molecule is CCOC(Br)Br. The van der Waals surface area contributed by atoms with E-state index in [0.717, 1.165) is 6.61 Å². The molecule has 0 aromatic heterocycles. The van der Waals surface area contributed by atoms with Gasteiger partial charge in [0.15, 0.2) is 3.92 Å². The van der Waals surface area contributed by atoms with Crippen molar-refractivity contribution in [3.05, 3.63) is 0 Å². The number of rotatable bonds is 2. The molecule has 0 saturated heterocycles. The molecule has 0 unspecified atom stereocenters. The summed E-state index contributed by atoms with van der Waals surface area (Å²) in [6.45, 7) is 2.68. The second-order valence-electron chi connectivity index (χ2n) is 0.716. The second kappa shape index (κ2) is 4.09. The largest absolute Gasteiger partial charge is 0.357 e. The monoisotopic (exact) mass is 216 g/mol. The first-order chi connectivity index (χ1) is 2.77. The standard InChI is InChI=1S/C3H6Br2O/c1-2-6-3(4)5/h3H,2H2,1H3. The van der Waals surface area contributed by atoms with E-state index in [9.17, 15) is 0 Å². The summed E-state index contributed by atoms with van der Waals surface area (Å²) < 4.78 is 4.90. The molecule has 0 atom stereocenters. The maximum atomic E-state index is 4.88. The van der Waals surface area contributed by atoms with Gasteiger partial charge in [-0.1, -0.05) is 0 Å². The molecule has 0 spiro atoms. The Morgan fingerprint density at radius 3 is 2.17 bits per heavy atom. The van der Waals surface area contributed by atoms with Crippen molar-refractivity contribution < 1.29 is 4.74 Å². The molecule has 0 fully saturated rings. The zero-order valence-corrected chi connectivity index (χ0v) is 6.62. The molecule has 0 rings (SSSR count). The van der Waals surface area contributed by atoms with Gasteiger partial charge in [-0.3, -0.25) is 0 Å². The average Bonchev–Trinajstić information content (AvgIpc) is 1.35. The third kappa shape index (κ3) is 4.92. The van der Waals surface area contributed by atoms with Gasteiger partial charge in [-0.05, 0) is 38.8 Å². The molecule has 0 aliphatic heterocycles. The molecule has 0 aromatic rings. The molecule has 0 N–H and O–H groups in total. The molecule has 38 valence electrons. The molecule has 1 nitrogen and oxygen atoms in total. The highest BCUT2D eigenvalue weighted by Crippen LogP contribution is 2.07. The molecular weight excluding hydrogens is 212 g/mol. The Hall–Kier alpha value is 0.920. The molecule has 0 saturated carbocycles. The van der Waals surface area contributed by atoms with E-state index in [1.807, 2.05) is 6.92 Å². The Morgan fingerprint density at radius 1 is 1.67 bits per heavy atom. The lowest BCUT2D eigenvalue weighted by Gasteiger charge is -1.96. The molecule has 0 bridgehead atoms. The topological polar surface area (TPSA) is 9.23 Å². The second-order valence-corrected chi connectivity index (χ2v) is 3.61. The van der Waals surface area contributed by atoms with Gasteiger partial charge in [0.1, 0.15) is 0 Å². The zero-order chi connectivity index (χ0) is 4.99. The van der Waals surface area contributed by atoms with Gasteiger partial charge in [-0.25, -0.2) is 0 Å². The fraction of sp³-hybridized carbons (Fsp3) is 1.00. The summed E-state index contributed by atoms with van der Waals surface area (Å²) in [5.41, 5.74) is 0. The lowest BCUT2D eigenvalue weighted by Crippen LogP contribution is -1.91. The Labute approximate surface area is 54.3 Å². The minimum Gasteiger partial charge on any atom is -0.357 e. The van der Waals surface area contributed by atoms with Crippen LogP contribution in [-0.4, -0.2) is 10.5 Å². The molecule has 0 aliphatic carbocycles. The molecule has 0 heterocycles. The molecule has 6 heavy (non-hydrogen) atoms. The Morgan fingerprint density at radius 2 is 2.17 bits per heavy atom. The maximum absolute atomic E-state index is 4.88. The van der Waals surface area contributed by atoms with Gasteiger partial charge < -0.3 is 4.74 Å². The molecule has 0 radical (unpaired) electrons. The van der Waals surface area contributed by atoms with Crippen molar-refractivity contribution in [3.8, 4) is 0 Å². The van der Waals surface area contributed by atoms with Crippen molar-refractivity contribution >= 4 is 31.9 Å². The number of hydrogen-bond acceptors (Lipinski definition) is 1. The van der Waals surface area contributed by atoms with E-state index in [0.29, 0.717) is 0 Å². The van der Waals surface area contributed by atoms with Crippen molar-refractivity contribution in [2.45, 2.75) is 10.8 Å². The van der Waals surface area contributed by atoms with Gasteiger partial charge >= 0.3 is 0 Å². The lowest BCUT2D eigenvalue weighted by atomic mass is 10.9. The van der Waals surface area contributed by atoms with Crippen LogP contribution in [0.15, 0.2) is 0 Å². The van der Waals surface area contributed by atoms with E-state index in [1.54, 1.807) is 0 Å². The van der Waals surface area contributed by atoms with Crippen molar-refractivity contribution in [3.63, 3.8) is 0 Å². The quantitative estimate of drug-likeness (QED) is 0.644. The Bertz CT molecular complexity index is 30.0. The summed E-state index contributed by atoms with van der Waals surface area (Å²) in [7, 11) is 0. The minimum atomic E-state index is 0.0231. The first kappa shape index (κ1) is 6.92. The van der Waals surface area contributed by atoms with Gasteiger partial charge in [0.2, 0.25) is 0 Å². The summed E-state index contributed by atoms with van der Waals surface area (Å²) in [6, 6.07) is 0. The van der Waals surface area contributed by atoms with Crippen LogP contribution in [0, 0.1) is 0 Å². The van der Waals surface area contributed by atoms with Gasteiger partial charge in [0.05, 0.1) is 0 Å². The molecule has 0 aromatic carbocycles. The molecular formula is C3H6Br2O. The summed E-state index contributed by atoms with van der Waals surface area (Å²) >= 11 is 6.26. The summed E-state index contributed by atoms with van der Waals surface area (Å²) in [5, 5.41) is 0. The Balaban J connectivity index is 2.63. The average molecular weight is 218 g/mol. The van der Waals surface area contributed by atoms with Crippen LogP contribution in [0.3, 0.4) is 0 Å². The van der Waals surface area contributed by atoms with Gasteiger partial charge in [-0.15, -0.1) is 0 Å². The van der Waals surface area contributed by atoms with Crippen LogP contribution in [0.2, 0.25) is 0 Å². The molecule has 3 heteroatoms. The fourth-order valence-electron chi connectivity index (χ4n) is 0.126. The van der Waals surface area contributed by atoms with Crippen LogP contribution >= 0.6 is 31.9 Å². The number of ether oxygens (including phenoxy) is 1. The van der Waals surface area contributed by atoms with Crippen LogP contribution in [0.4, 0.5) is 0 Å². The number of halogens is 2. The van der Waals surface area contributed by atoms with Gasteiger partial charge in [0, 0.05) is 6.61 Å². The van der Waals surface area contributed by atoms with Crippen LogP contribution < -0.4 is 0 Å². The fourth-order valence-corrected chi connectivity index (χ4v) is 0.655. The maximum Gasteiger partial charge on any atom is 0.167 e. The van der Waals surface area contributed by atoms with E-state index >= 15 is 0 Å². The van der Waals surface area contributed by atoms with Crippen LogP contribution in [0.25, 0.3) is 0 Å². The van der Waals surface area contributed by atoms with E-state index in [-0.39, 0.29) is 3.92 Å². The third-order valence-electron chi connectivity index (χ3n) is 0.293. The normalized spacial score (nSPS) is 10.0. The van der Waals surface area contributed by atoms with Crippen molar-refractivity contribution in [2.75, 3.05) is 6.61 Å². The number of alkyl halides is 2. The van der Waals surface area contributed by atoms with E-state index < -0.39 is 0 Å². The smallest absolute Gasteiger partial charge is 0.167 e. The number of hydrogen-bond donors (Lipinski definition) is 0. The van der Waals surface area contributed by atoms with Crippen molar-refractivity contribution in [1.29, 1.82) is 0 Å². The van der Waals surface area contributed by atoms with Gasteiger partial charge in [-0.2, -0.15) is 0 Å². The predicted octanol–water partition coefficient (Wildman–Crippen LogP) is 2.10. The van der Waals surface area contributed by atoms with Gasteiger partial charge in [0.25, 0.3) is 0 Å². The van der Waals surface area contributed by atoms with E-state index in [2.05, 4.69) is 31.9 Å².